The summed E-state index contributed by atoms with van der Waals surface area (Å²) in [7, 11) is -3.94. The summed E-state index contributed by atoms with van der Waals surface area (Å²) >= 11 is 0.939. The number of nitrogens with one attached hydrogen (secondary N) is 2. The molecule has 0 amide bonds. The Hall–Kier alpha value is -3.78. The lowest BCUT2D eigenvalue weighted by Gasteiger charge is -2.50. The van der Waals surface area contributed by atoms with Crippen LogP contribution in [0.1, 0.15) is 66.3 Å². The smallest absolute Gasteiger partial charge is 0.263 e. The highest BCUT2D eigenvalue weighted by molar-refractivity contribution is 7.93. The number of aromatic nitrogens is 2. The third kappa shape index (κ3) is 5.10. The maximum absolute atomic E-state index is 12.9. The zero-order valence-electron chi connectivity index (χ0n) is 22.7. The topological polar surface area (TPSA) is 117 Å². The molecular weight excluding hydrogens is 555 g/mol. The van der Waals surface area contributed by atoms with Crippen LogP contribution in [0.3, 0.4) is 0 Å². The summed E-state index contributed by atoms with van der Waals surface area (Å²) in [6.07, 6.45) is 4.85. The van der Waals surface area contributed by atoms with Crippen molar-refractivity contribution in [2.45, 2.75) is 54.9 Å². The van der Waals surface area contributed by atoms with Gasteiger partial charge in [0.25, 0.3) is 10.0 Å². The highest BCUT2D eigenvalue weighted by Gasteiger charge is 2.49. The summed E-state index contributed by atoms with van der Waals surface area (Å²) in [6, 6.07) is 24.1. The van der Waals surface area contributed by atoms with Gasteiger partial charge >= 0.3 is 0 Å². The average Bonchev–Trinajstić information content (AvgIpc) is 3.50. The van der Waals surface area contributed by atoms with Crippen LogP contribution in [0.15, 0.2) is 78.0 Å². The molecule has 0 aliphatic heterocycles. The summed E-state index contributed by atoms with van der Waals surface area (Å²) in [4.78, 5) is 3.85. The Balaban J connectivity index is 1.34. The van der Waals surface area contributed by atoms with E-state index in [9.17, 15) is 13.7 Å². The van der Waals surface area contributed by atoms with Crippen LogP contribution >= 0.6 is 11.5 Å². The van der Waals surface area contributed by atoms with Gasteiger partial charge in [-0.2, -0.15) is 9.64 Å². The van der Waals surface area contributed by atoms with Gasteiger partial charge in [0, 0.05) is 29.4 Å². The van der Waals surface area contributed by atoms with E-state index < -0.39 is 10.0 Å². The van der Waals surface area contributed by atoms with E-state index in [0.29, 0.717) is 18.2 Å². The van der Waals surface area contributed by atoms with Gasteiger partial charge in [0.1, 0.15) is 24.3 Å². The second-order valence-corrected chi connectivity index (χ2v) is 13.1. The van der Waals surface area contributed by atoms with Crippen molar-refractivity contribution in [2.24, 2.45) is 0 Å². The van der Waals surface area contributed by atoms with Gasteiger partial charge in [0.2, 0.25) is 5.13 Å². The molecule has 0 fully saturated rings. The SMILES string of the molecule is CCCNCC(CC12CCC(c3ccccc31)c1ccccc12)Oc1ccc(S(=O)(=O)Nc2ncns2)cc1C#N. The zero-order valence-corrected chi connectivity index (χ0v) is 24.3. The van der Waals surface area contributed by atoms with Gasteiger partial charge in [-0.15, -0.1) is 0 Å². The maximum atomic E-state index is 12.9. The van der Waals surface area contributed by atoms with Crippen LogP contribution in [-0.4, -0.2) is 37.0 Å². The van der Waals surface area contributed by atoms with Crippen molar-refractivity contribution in [3.63, 3.8) is 0 Å². The van der Waals surface area contributed by atoms with E-state index in [2.05, 4.69) is 80.9 Å². The third-order valence-corrected chi connectivity index (χ3v) is 10.2. The molecule has 1 atom stereocenters. The van der Waals surface area contributed by atoms with Gasteiger partial charge < -0.3 is 10.1 Å². The lowest BCUT2D eigenvalue weighted by atomic mass is 9.53. The number of rotatable bonds is 11. The molecule has 1 heterocycles. The minimum absolute atomic E-state index is 0.0377. The first-order valence-corrected chi connectivity index (χ1v) is 16.1. The molecule has 0 saturated heterocycles. The van der Waals surface area contributed by atoms with Crippen molar-refractivity contribution in [1.29, 1.82) is 5.26 Å². The first kappa shape index (κ1) is 27.4. The summed E-state index contributed by atoms with van der Waals surface area (Å²) < 4.78 is 38.7. The predicted octanol–water partition coefficient (Wildman–Crippen LogP) is 5.57. The van der Waals surface area contributed by atoms with Gasteiger partial charge in [0.15, 0.2) is 0 Å². The number of anilines is 1. The quantitative estimate of drug-likeness (QED) is 0.221. The summed E-state index contributed by atoms with van der Waals surface area (Å²) in [5, 5.41) is 13.7. The number of fused-ring (bicyclic) bond motifs is 1. The van der Waals surface area contributed by atoms with Crippen LogP contribution in [0.4, 0.5) is 5.13 Å². The zero-order chi connectivity index (χ0) is 28.5. The predicted molar refractivity (Wildman–Crippen MR) is 159 cm³/mol. The fourth-order valence-corrected chi connectivity index (χ4v) is 8.19. The van der Waals surface area contributed by atoms with Crippen molar-refractivity contribution in [1.82, 2.24) is 14.7 Å². The van der Waals surface area contributed by atoms with Crippen LogP contribution < -0.4 is 14.8 Å². The second kappa shape index (κ2) is 11.2. The largest absolute Gasteiger partial charge is 0.488 e. The molecule has 2 bridgehead atoms. The Morgan fingerprint density at radius 2 is 1.85 bits per heavy atom. The van der Waals surface area contributed by atoms with Crippen molar-refractivity contribution in [3.8, 4) is 11.8 Å². The van der Waals surface area contributed by atoms with E-state index in [1.54, 1.807) is 6.07 Å². The molecule has 8 nitrogen and oxygen atoms in total. The molecule has 2 N–H and O–H groups in total. The van der Waals surface area contributed by atoms with E-state index >= 15 is 0 Å². The highest BCUT2D eigenvalue weighted by Crippen LogP contribution is 2.58. The third-order valence-electron chi connectivity index (χ3n) is 8.20. The van der Waals surface area contributed by atoms with Gasteiger partial charge in [-0.3, -0.25) is 4.72 Å². The molecule has 7 rings (SSSR count). The van der Waals surface area contributed by atoms with Gasteiger partial charge in [0.05, 0.1) is 10.5 Å². The molecule has 0 saturated carbocycles. The molecule has 3 aliphatic rings. The number of nitrogens with zero attached hydrogens (tertiary/aromatic N) is 3. The van der Waals surface area contributed by atoms with Crippen LogP contribution in [0.25, 0.3) is 0 Å². The monoisotopic (exact) mass is 585 g/mol. The molecule has 10 heteroatoms. The van der Waals surface area contributed by atoms with Crippen molar-refractivity contribution < 1.29 is 13.2 Å². The number of benzene rings is 3. The maximum Gasteiger partial charge on any atom is 0.263 e. The van der Waals surface area contributed by atoms with E-state index in [-0.39, 0.29) is 27.1 Å². The minimum Gasteiger partial charge on any atom is -0.488 e. The first-order chi connectivity index (χ1) is 19.9. The molecule has 0 radical (unpaired) electrons. The van der Waals surface area contributed by atoms with Crippen LogP contribution in [0.2, 0.25) is 0 Å². The minimum atomic E-state index is -3.94. The van der Waals surface area contributed by atoms with Crippen LogP contribution in [-0.2, 0) is 15.4 Å². The Morgan fingerprint density at radius 1 is 1.12 bits per heavy atom. The van der Waals surface area contributed by atoms with Crippen molar-refractivity contribution in [3.05, 3.63) is 101 Å². The Kier molecular flexibility index (Phi) is 7.51. The number of ether oxygens (including phenoxy) is 1. The van der Waals surface area contributed by atoms with E-state index in [1.165, 1.54) is 40.7 Å². The normalized spacial score (nSPS) is 19.6. The molecule has 0 spiro atoms. The number of hydrogen-bond donors (Lipinski definition) is 2. The molecular formula is C31H31N5O3S2. The van der Waals surface area contributed by atoms with Crippen molar-refractivity contribution in [2.75, 3.05) is 17.8 Å². The molecule has 3 aliphatic carbocycles. The number of hydrogen-bond acceptors (Lipinski definition) is 8. The molecule has 3 aromatic carbocycles. The van der Waals surface area contributed by atoms with Crippen LogP contribution in [0, 0.1) is 11.3 Å². The van der Waals surface area contributed by atoms with Crippen LogP contribution in [0.5, 0.6) is 5.75 Å². The van der Waals surface area contributed by atoms with E-state index in [1.807, 2.05) is 0 Å². The van der Waals surface area contributed by atoms with Crippen molar-refractivity contribution >= 4 is 26.7 Å². The summed E-state index contributed by atoms with van der Waals surface area (Å²) in [6.45, 7) is 3.58. The Labute approximate surface area is 244 Å². The fourth-order valence-electron chi connectivity index (χ4n) is 6.50. The fraction of sp³-hybridized carbons (Fsp3) is 0.323. The Morgan fingerprint density at radius 3 is 2.51 bits per heavy atom. The first-order valence-electron chi connectivity index (χ1n) is 13.8. The van der Waals surface area contributed by atoms with Gasteiger partial charge in [-0.1, -0.05) is 55.5 Å². The molecule has 1 aromatic heterocycles. The summed E-state index contributed by atoms with van der Waals surface area (Å²) in [5.41, 5.74) is 5.48. The molecule has 41 heavy (non-hydrogen) atoms. The van der Waals surface area contributed by atoms with E-state index in [4.69, 9.17) is 4.74 Å². The van der Waals surface area contributed by atoms with Gasteiger partial charge in [-0.25, -0.2) is 13.4 Å². The van der Waals surface area contributed by atoms with E-state index in [0.717, 1.165) is 43.8 Å². The lowest BCUT2D eigenvalue weighted by Crippen LogP contribution is -2.45. The second-order valence-electron chi connectivity index (χ2n) is 10.6. The molecule has 4 aromatic rings. The highest BCUT2D eigenvalue weighted by atomic mass is 32.2. The molecule has 1 unspecified atom stereocenters. The molecule has 210 valence electrons. The number of sulfonamides is 1. The summed E-state index contributed by atoms with van der Waals surface area (Å²) in [5.74, 6) is 0.781. The lowest BCUT2D eigenvalue weighted by molar-refractivity contribution is 0.149. The average molecular weight is 586 g/mol. The standard InChI is InChI=1S/C31H31N5O3S2/c1-2-15-33-19-22(39-29-12-11-23(16-21(29)18-32)41(37,38)36-30-34-20-35-40-30)17-31-14-13-24(25-7-3-5-9-27(25)31)26-8-4-6-10-28(26)31/h3-12,16,20,22,24,33H,2,13-15,17,19H2,1H3,(H,34,35,36). The Bertz CT molecular complexity index is 1650. The number of nitriles is 1. The van der Waals surface area contributed by atoms with Gasteiger partial charge in [-0.05, 0) is 72.7 Å².